The lowest BCUT2D eigenvalue weighted by Crippen LogP contribution is -2.32. The fourth-order valence-corrected chi connectivity index (χ4v) is 2.18. The van der Waals surface area contributed by atoms with Gasteiger partial charge < -0.3 is 9.64 Å². The van der Waals surface area contributed by atoms with E-state index in [1.165, 1.54) is 7.11 Å². The third-order valence-electron chi connectivity index (χ3n) is 3.32. The SMILES string of the molecule is COC(=O)CCCN(C(=O)c1ccccc1)c1ccccc1. The van der Waals surface area contributed by atoms with Gasteiger partial charge in [0.25, 0.3) is 5.91 Å². The Morgan fingerprint density at radius 2 is 1.55 bits per heavy atom. The van der Waals surface area contributed by atoms with E-state index in [1.54, 1.807) is 17.0 Å². The Kier molecular flexibility index (Phi) is 5.72. The van der Waals surface area contributed by atoms with Crippen LogP contribution in [0, 0.1) is 0 Å². The van der Waals surface area contributed by atoms with Crippen molar-refractivity contribution >= 4 is 17.6 Å². The van der Waals surface area contributed by atoms with Crippen LogP contribution in [-0.2, 0) is 9.53 Å². The maximum atomic E-state index is 12.7. The lowest BCUT2D eigenvalue weighted by atomic mass is 10.1. The molecule has 0 fully saturated rings. The summed E-state index contributed by atoms with van der Waals surface area (Å²) >= 11 is 0. The molecular weight excluding hydrogens is 278 g/mol. The molecule has 0 atom stereocenters. The first kappa shape index (κ1) is 15.8. The Hall–Kier alpha value is -2.62. The first-order valence-corrected chi connectivity index (χ1v) is 7.21. The van der Waals surface area contributed by atoms with Gasteiger partial charge in [-0.15, -0.1) is 0 Å². The van der Waals surface area contributed by atoms with E-state index >= 15 is 0 Å². The van der Waals surface area contributed by atoms with Gasteiger partial charge in [-0.1, -0.05) is 36.4 Å². The minimum Gasteiger partial charge on any atom is -0.469 e. The molecule has 114 valence electrons. The van der Waals surface area contributed by atoms with Gasteiger partial charge in [0.2, 0.25) is 0 Å². The number of methoxy groups -OCH3 is 1. The van der Waals surface area contributed by atoms with Gasteiger partial charge >= 0.3 is 5.97 Å². The zero-order valence-corrected chi connectivity index (χ0v) is 12.6. The van der Waals surface area contributed by atoms with Gasteiger partial charge in [0, 0.05) is 24.2 Å². The maximum absolute atomic E-state index is 12.7. The summed E-state index contributed by atoms with van der Waals surface area (Å²) in [5, 5.41) is 0. The molecule has 0 aromatic heterocycles. The van der Waals surface area contributed by atoms with Crippen LogP contribution >= 0.6 is 0 Å². The molecule has 4 heteroatoms. The summed E-state index contributed by atoms with van der Waals surface area (Å²) in [6.07, 6.45) is 0.849. The van der Waals surface area contributed by atoms with Crippen LogP contribution in [-0.4, -0.2) is 25.5 Å². The van der Waals surface area contributed by atoms with Crippen molar-refractivity contribution in [2.75, 3.05) is 18.6 Å². The minimum atomic E-state index is -0.264. The van der Waals surface area contributed by atoms with Gasteiger partial charge in [-0.05, 0) is 30.7 Å². The largest absolute Gasteiger partial charge is 0.469 e. The Balaban J connectivity index is 2.15. The van der Waals surface area contributed by atoms with Gasteiger partial charge in [-0.25, -0.2) is 0 Å². The highest BCUT2D eigenvalue weighted by Crippen LogP contribution is 2.17. The van der Waals surface area contributed by atoms with Crippen molar-refractivity contribution in [3.8, 4) is 0 Å². The molecule has 0 aliphatic rings. The summed E-state index contributed by atoms with van der Waals surface area (Å²) in [5.41, 5.74) is 1.45. The molecule has 0 N–H and O–H groups in total. The first-order valence-electron chi connectivity index (χ1n) is 7.21. The summed E-state index contributed by atoms with van der Waals surface area (Å²) in [7, 11) is 1.37. The number of nitrogens with zero attached hydrogens (tertiary/aromatic N) is 1. The van der Waals surface area contributed by atoms with Crippen molar-refractivity contribution in [2.24, 2.45) is 0 Å². The molecule has 2 rings (SSSR count). The summed E-state index contributed by atoms with van der Waals surface area (Å²) in [5.74, 6) is -0.336. The second-order valence-electron chi connectivity index (χ2n) is 4.84. The van der Waals surface area contributed by atoms with Crippen LogP contribution < -0.4 is 4.90 Å². The molecule has 0 bridgehead atoms. The number of hydrogen-bond donors (Lipinski definition) is 0. The number of amides is 1. The fourth-order valence-electron chi connectivity index (χ4n) is 2.18. The molecule has 0 aliphatic carbocycles. The molecule has 1 amide bonds. The molecule has 2 aromatic carbocycles. The Morgan fingerprint density at radius 1 is 0.955 bits per heavy atom. The number of carbonyl (C=O) groups excluding carboxylic acids is 2. The van der Waals surface area contributed by atoms with E-state index < -0.39 is 0 Å². The fraction of sp³-hybridized carbons (Fsp3) is 0.222. The van der Waals surface area contributed by atoms with E-state index in [-0.39, 0.29) is 11.9 Å². The molecule has 0 unspecified atom stereocenters. The molecule has 0 saturated heterocycles. The van der Waals surface area contributed by atoms with Gasteiger partial charge in [0.05, 0.1) is 7.11 Å². The van der Waals surface area contributed by atoms with Crippen molar-refractivity contribution < 1.29 is 14.3 Å². The minimum absolute atomic E-state index is 0.0725. The molecule has 0 heterocycles. The molecule has 0 aliphatic heterocycles. The number of carbonyl (C=O) groups is 2. The topological polar surface area (TPSA) is 46.6 Å². The highest BCUT2D eigenvalue weighted by atomic mass is 16.5. The van der Waals surface area contributed by atoms with E-state index in [0.29, 0.717) is 24.9 Å². The third-order valence-corrected chi connectivity index (χ3v) is 3.32. The van der Waals surface area contributed by atoms with Crippen LogP contribution in [0.2, 0.25) is 0 Å². The van der Waals surface area contributed by atoms with E-state index in [4.69, 9.17) is 0 Å². The van der Waals surface area contributed by atoms with Gasteiger partial charge in [0.1, 0.15) is 0 Å². The van der Waals surface area contributed by atoms with Gasteiger partial charge in [-0.3, -0.25) is 9.59 Å². The number of hydrogen-bond acceptors (Lipinski definition) is 3. The molecular formula is C18H19NO3. The third kappa shape index (κ3) is 4.19. The van der Waals surface area contributed by atoms with E-state index in [9.17, 15) is 9.59 Å². The molecule has 0 spiro atoms. The second-order valence-corrected chi connectivity index (χ2v) is 4.84. The molecule has 22 heavy (non-hydrogen) atoms. The predicted octanol–water partition coefficient (Wildman–Crippen LogP) is 3.29. The van der Waals surface area contributed by atoms with Crippen LogP contribution in [0.1, 0.15) is 23.2 Å². The highest BCUT2D eigenvalue weighted by Gasteiger charge is 2.17. The Bertz CT molecular complexity index is 611. The van der Waals surface area contributed by atoms with Crippen molar-refractivity contribution in [1.29, 1.82) is 0 Å². The summed E-state index contributed by atoms with van der Waals surface area (Å²) in [4.78, 5) is 25.6. The number of anilines is 1. The zero-order valence-electron chi connectivity index (χ0n) is 12.6. The van der Waals surface area contributed by atoms with Crippen LogP contribution in [0.5, 0.6) is 0 Å². The van der Waals surface area contributed by atoms with Gasteiger partial charge in [-0.2, -0.15) is 0 Å². The van der Waals surface area contributed by atoms with Crippen LogP contribution in [0.4, 0.5) is 5.69 Å². The number of esters is 1. The van der Waals surface area contributed by atoms with Gasteiger partial charge in [0.15, 0.2) is 0 Å². The van der Waals surface area contributed by atoms with Crippen molar-refractivity contribution in [2.45, 2.75) is 12.8 Å². The van der Waals surface area contributed by atoms with Crippen LogP contribution in [0.3, 0.4) is 0 Å². The van der Waals surface area contributed by atoms with Crippen LogP contribution in [0.15, 0.2) is 60.7 Å². The Labute approximate surface area is 130 Å². The van der Waals surface area contributed by atoms with Crippen molar-refractivity contribution in [3.63, 3.8) is 0 Å². The maximum Gasteiger partial charge on any atom is 0.305 e. The second kappa shape index (κ2) is 7.98. The van der Waals surface area contributed by atoms with Crippen molar-refractivity contribution in [1.82, 2.24) is 0 Å². The zero-order chi connectivity index (χ0) is 15.8. The Morgan fingerprint density at radius 3 is 2.14 bits per heavy atom. The smallest absolute Gasteiger partial charge is 0.305 e. The normalized spacial score (nSPS) is 10.0. The average Bonchev–Trinajstić information content (AvgIpc) is 2.59. The van der Waals surface area contributed by atoms with Crippen LogP contribution in [0.25, 0.3) is 0 Å². The summed E-state index contributed by atoms with van der Waals surface area (Å²) in [6, 6.07) is 18.6. The highest BCUT2D eigenvalue weighted by molar-refractivity contribution is 6.06. The number of para-hydroxylation sites is 1. The molecule has 2 aromatic rings. The lowest BCUT2D eigenvalue weighted by molar-refractivity contribution is -0.140. The summed E-state index contributed by atoms with van der Waals surface area (Å²) in [6.45, 7) is 0.465. The van der Waals surface area contributed by atoms with Crippen molar-refractivity contribution in [3.05, 3.63) is 66.2 Å². The number of benzene rings is 2. The summed E-state index contributed by atoms with van der Waals surface area (Å²) < 4.78 is 4.64. The van der Waals surface area contributed by atoms with E-state index in [0.717, 1.165) is 5.69 Å². The first-order chi connectivity index (χ1) is 10.7. The van der Waals surface area contributed by atoms with E-state index in [1.807, 2.05) is 48.5 Å². The standard InChI is InChI=1S/C18H19NO3/c1-22-17(20)13-8-14-19(16-11-6-3-7-12-16)18(21)15-9-4-2-5-10-15/h2-7,9-12H,8,13-14H2,1H3. The monoisotopic (exact) mass is 297 g/mol. The average molecular weight is 297 g/mol. The number of rotatable bonds is 6. The van der Waals surface area contributed by atoms with E-state index in [2.05, 4.69) is 4.74 Å². The molecule has 4 nitrogen and oxygen atoms in total. The number of ether oxygens (including phenoxy) is 1. The quantitative estimate of drug-likeness (QED) is 0.769. The molecule has 0 radical (unpaired) electrons. The lowest BCUT2D eigenvalue weighted by Gasteiger charge is -2.23. The predicted molar refractivity (Wildman–Crippen MR) is 85.8 cm³/mol. The molecule has 0 saturated carbocycles.